The SMILES string of the molecule is C[C@H](OCc1ccccc1)[C@@H](NC(=O)C1CC(NC(=O)OCC2c3ccccc3-c3ccccc32)C1)C(=O)O. The summed E-state index contributed by atoms with van der Waals surface area (Å²) < 4.78 is 11.3. The number of amides is 2. The number of alkyl carbamates (subject to hydrolysis) is 1. The molecule has 3 aromatic rings. The number of nitrogens with one attached hydrogen (secondary N) is 2. The molecular formula is C31H32N2O6. The maximum Gasteiger partial charge on any atom is 0.407 e. The van der Waals surface area contributed by atoms with Crippen LogP contribution in [-0.4, -0.2) is 47.9 Å². The number of hydrogen-bond acceptors (Lipinski definition) is 5. The predicted octanol–water partition coefficient (Wildman–Crippen LogP) is 4.48. The minimum Gasteiger partial charge on any atom is -0.480 e. The molecule has 3 aromatic carbocycles. The van der Waals surface area contributed by atoms with E-state index < -0.39 is 24.2 Å². The van der Waals surface area contributed by atoms with Gasteiger partial charge < -0.3 is 25.2 Å². The maximum atomic E-state index is 12.7. The molecule has 0 unspecified atom stereocenters. The van der Waals surface area contributed by atoms with Crippen molar-refractivity contribution in [3.05, 3.63) is 95.6 Å². The van der Waals surface area contributed by atoms with E-state index in [-0.39, 0.29) is 37.0 Å². The van der Waals surface area contributed by atoms with Crippen LogP contribution in [0, 0.1) is 5.92 Å². The second-order valence-electron chi connectivity index (χ2n) is 10.2. The Morgan fingerprint density at radius 1 is 0.897 bits per heavy atom. The molecule has 0 radical (unpaired) electrons. The molecule has 2 aliphatic rings. The lowest BCUT2D eigenvalue weighted by atomic mass is 9.79. The number of aliphatic carboxylic acids is 1. The summed E-state index contributed by atoms with van der Waals surface area (Å²) in [4.78, 5) is 37.0. The van der Waals surface area contributed by atoms with E-state index in [1.54, 1.807) is 6.92 Å². The number of benzene rings is 3. The highest BCUT2D eigenvalue weighted by Crippen LogP contribution is 2.44. The molecule has 0 heterocycles. The monoisotopic (exact) mass is 528 g/mol. The van der Waals surface area contributed by atoms with Crippen LogP contribution in [0.3, 0.4) is 0 Å². The van der Waals surface area contributed by atoms with Crippen LogP contribution in [0.2, 0.25) is 0 Å². The fraction of sp³-hybridized carbons (Fsp3) is 0.323. The summed E-state index contributed by atoms with van der Waals surface area (Å²) >= 11 is 0. The van der Waals surface area contributed by atoms with E-state index in [0.717, 1.165) is 27.8 Å². The van der Waals surface area contributed by atoms with Crippen molar-refractivity contribution in [2.24, 2.45) is 5.92 Å². The van der Waals surface area contributed by atoms with Crippen molar-refractivity contribution in [2.45, 2.75) is 50.5 Å². The van der Waals surface area contributed by atoms with Crippen LogP contribution in [0.1, 0.15) is 42.4 Å². The molecule has 2 amide bonds. The summed E-state index contributed by atoms with van der Waals surface area (Å²) in [6.45, 7) is 2.10. The zero-order chi connectivity index (χ0) is 27.4. The first-order chi connectivity index (χ1) is 18.9. The first kappa shape index (κ1) is 26.4. The average Bonchev–Trinajstić information content (AvgIpc) is 3.25. The van der Waals surface area contributed by atoms with Crippen LogP contribution in [-0.2, 0) is 25.7 Å². The van der Waals surface area contributed by atoms with Gasteiger partial charge >= 0.3 is 12.1 Å². The molecule has 202 valence electrons. The Hall–Kier alpha value is -4.17. The summed E-state index contributed by atoms with van der Waals surface area (Å²) in [5, 5.41) is 15.1. The van der Waals surface area contributed by atoms with Crippen molar-refractivity contribution in [1.82, 2.24) is 10.6 Å². The van der Waals surface area contributed by atoms with Gasteiger partial charge in [-0.05, 0) is 47.6 Å². The molecule has 8 heteroatoms. The molecule has 2 atom stereocenters. The number of carboxylic acids is 1. The predicted molar refractivity (Wildman–Crippen MR) is 145 cm³/mol. The lowest BCUT2D eigenvalue weighted by Crippen LogP contribution is -2.55. The minimum atomic E-state index is -1.17. The minimum absolute atomic E-state index is 0.0258. The lowest BCUT2D eigenvalue weighted by molar-refractivity contribution is -0.147. The van der Waals surface area contributed by atoms with Crippen molar-refractivity contribution in [3.63, 3.8) is 0 Å². The van der Waals surface area contributed by atoms with E-state index in [9.17, 15) is 19.5 Å². The highest BCUT2D eigenvalue weighted by atomic mass is 16.5. The highest BCUT2D eigenvalue weighted by molar-refractivity contribution is 5.86. The molecule has 0 aromatic heterocycles. The summed E-state index contributed by atoms with van der Waals surface area (Å²) in [6.07, 6.45) is -0.406. The molecule has 1 fully saturated rings. The van der Waals surface area contributed by atoms with Gasteiger partial charge in [0.1, 0.15) is 6.61 Å². The lowest BCUT2D eigenvalue weighted by Gasteiger charge is -2.35. The third kappa shape index (κ3) is 5.96. The van der Waals surface area contributed by atoms with Gasteiger partial charge in [-0.2, -0.15) is 0 Å². The fourth-order valence-electron chi connectivity index (χ4n) is 5.31. The van der Waals surface area contributed by atoms with Gasteiger partial charge in [0, 0.05) is 17.9 Å². The highest BCUT2D eigenvalue weighted by Gasteiger charge is 2.38. The Morgan fingerprint density at radius 2 is 1.49 bits per heavy atom. The average molecular weight is 529 g/mol. The zero-order valence-corrected chi connectivity index (χ0v) is 21.7. The Labute approximate surface area is 227 Å². The molecule has 0 saturated heterocycles. The third-order valence-corrected chi connectivity index (χ3v) is 7.56. The molecule has 3 N–H and O–H groups in total. The van der Waals surface area contributed by atoms with E-state index in [2.05, 4.69) is 34.9 Å². The molecule has 1 saturated carbocycles. The Bertz CT molecular complexity index is 1290. The molecule has 8 nitrogen and oxygen atoms in total. The van der Waals surface area contributed by atoms with Gasteiger partial charge in [0.2, 0.25) is 5.91 Å². The van der Waals surface area contributed by atoms with Crippen LogP contribution in [0.5, 0.6) is 0 Å². The van der Waals surface area contributed by atoms with E-state index in [4.69, 9.17) is 9.47 Å². The molecule has 0 bridgehead atoms. The fourth-order valence-corrected chi connectivity index (χ4v) is 5.31. The number of rotatable bonds is 10. The summed E-state index contributed by atoms with van der Waals surface area (Å²) in [7, 11) is 0. The van der Waals surface area contributed by atoms with Crippen molar-refractivity contribution in [3.8, 4) is 11.1 Å². The Kier molecular flexibility index (Phi) is 7.93. The van der Waals surface area contributed by atoms with Crippen LogP contribution in [0.4, 0.5) is 4.79 Å². The summed E-state index contributed by atoms with van der Waals surface area (Å²) in [5.74, 6) is -1.92. The van der Waals surface area contributed by atoms with Crippen molar-refractivity contribution in [2.75, 3.05) is 6.61 Å². The van der Waals surface area contributed by atoms with Crippen LogP contribution >= 0.6 is 0 Å². The largest absolute Gasteiger partial charge is 0.480 e. The van der Waals surface area contributed by atoms with Gasteiger partial charge in [-0.15, -0.1) is 0 Å². The Balaban J connectivity index is 1.07. The number of carboxylic acid groups (broad SMARTS) is 1. The topological polar surface area (TPSA) is 114 Å². The standard InChI is InChI=1S/C31H32N2O6/c1-19(38-17-20-9-3-2-4-10-20)28(30(35)36)33-29(34)21-15-22(16-21)32-31(37)39-18-27-25-13-7-5-11-23(25)24-12-6-8-14-26(24)27/h2-14,19,21-22,27-28H,15-18H2,1H3,(H,32,37)(H,33,34)(H,35,36)/t19-,21?,22?,28+/m0/s1. The van der Waals surface area contributed by atoms with Crippen LogP contribution in [0.25, 0.3) is 11.1 Å². The van der Waals surface area contributed by atoms with E-state index >= 15 is 0 Å². The zero-order valence-electron chi connectivity index (χ0n) is 21.7. The number of carbonyl (C=O) groups is 3. The molecule has 0 aliphatic heterocycles. The van der Waals surface area contributed by atoms with Crippen molar-refractivity contribution < 1.29 is 29.0 Å². The van der Waals surface area contributed by atoms with Gasteiger partial charge in [0.25, 0.3) is 0 Å². The molecule has 2 aliphatic carbocycles. The van der Waals surface area contributed by atoms with Gasteiger partial charge in [0.15, 0.2) is 6.04 Å². The molecule has 39 heavy (non-hydrogen) atoms. The molecule has 5 rings (SSSR count). The Morgan fingerprint density at radius 3 is 2.10 bits per heavy atom. The van der Waals surface area contributed by atoms with E-state index in [1.165, 1.54) is 0 Å². The summed E-state index contributed by atoms with van der Waals surface area (Å²) in [6, 6.07) is 24.3. The van der Waals surface area contributed by atoms with Gasteiger partial charge in [-0.25, -0.2) is 9.59 Å². The van der Waals surface area contributed by atoms with Crippen molar-refractivity contribution >= 4 is 18.0 Å². The number of ether oxygens (including phenoxy) is 2. The van der Waals surface area contributed by atoms with Gasteiger partial charge in [-0.1, -0.05) is 78.9 Å². The van der Waals surface area contributed by atoms with Crippen LogP contribution < -0.4 is 10.6 Å². The summed E-state index contributed by atoms with van der Waals surface area (Å²) in [5.41, 5.74) is 5.52. The van der Waals surface area contributed by atoms with E-state index in [0.29, 0.717) is 12.8 Å². The number of carbonyl (C=O) groups excluding carboxylic acids is 2. The second kappa shape index (κ2) is 11.7. The quantitative estimate of drug-likeness (QED) is 0.358. The smallest absolute Gasteiger partial charge is 0.407 e. The van der Waals surface area contributed by atoms with Crippen LogP contribution in [0.15, 0.2) is 78.9 Å². The first-order valence-electron chi connectivity index (χ1n) is 13.2. The maximum absolute atomic E-state index is 12.7. The van der Waals surface area contributed by atoms with E-state index in [1.807, 2.05) is 54.6 Å². The van der Waals surface area contributed by atoms with Crippen molar-refractivity contribution in [1.29, 1.82) is 0 Å². The molecule has 0 spiro atoms. The number of hydrogen-bond donors (Lipinski definition) is 3. The van der Waals surface area contributed by atoms with Gasteiger partial charge in [0.05, 0.1) is 12.7 Å². The molecular weight excluding hydrogens is 496 g/mol. The normalized spacial score (nSPS) is 19.1. The first-order valence-corrected chi connectivity index (χ1v) is 13.2. The number of fused-ring (bicyclic) bond motifs is 3. The van der Waals surface area contributed by atoms with Gasteiger partial charge in [-0.3, -0.25) is 4.79 Å². The third-order valence-electron chi connectivity index (χ3n) is 7.56. The second-order valence-corrected chi connectivity index (χ2v) is 10.2.